The Morgan fingerprint density at radius 3 is 1.44 bits per heavy atom. The topological polar surface area (TPSA) is 113 Å². The minimum Gasteiger partial charge on any atom is -0.396 e. The first-order valence-corrected chi connectivity index (χ1v) is 4.93. The molecule has 0 bridgehead atoms. The van der Waals surface area contributed by atoms with E-state index in [1.807, 2.05) is 12.1 Å². The molecule has 0 spiro atoms. The van der Waals surface area contributed by atoms with Gasteiger partial charge in [-0.25, -0.2) is 0 Å². The van der Waals surface area contributed by atoms with Gasteiger partial charge in [0.05, 0.1) is 12.1 Å². The maximum absolute atomic E-state index is 8.87. The molecule has 0 radical (unpaired) electrons. The molecule has 0 fully saturated rings. The van der Waals surface area contributed by atoms with Crippen molar-refractivity contribution in [3.05, 3.63) is 0 Å². The van der Waals surface area contributed by atoms with Crippen molar-refractivity contribution >= 4 is 0 Å². The highest BCUT2D eigenvalue weighted by Gasteiger charge is 2.27. The highest BCUT2D eigenvalue weighted by molar-refractivity contribution is 5.07. The quantitative estimate of drug-likeness (QED) is 0.648. The molecule has 16 heavy (non-hydrogen) atoms. The van der Waals surface area contributed by atoms with Gasteiger partial charge >= 0.3 is 0 Å². The fourth-order valence-corrected chi connectivity index (χ4v) is 0.913. The summed E-state index contributed by atoms with van der Waals surface area (Å²) in [5.74, 6) is 0. The van der Waals surface area contributed by atoms with Crippen LogP contribution in [0.4, 0.5) is 0 Å². The van der Waals surface area contributed by atoms with Crippen LogP contribution in [0, 0.1) is 22.7 Å². The molecule has 0 saturated carbocycles. The average Bonchev–Trinajstić information content (AvgIpc) is 2.27. The van der Waals surface area contributed by atoms with Crippen LogP contribution in [-0.4, -0.2) is 34.5 Å². The molecule has 2 atom stereocenters. The summed E-state index contributed by atoms with van der Waals surface area (Å²) in [7, 11) is 0. The van der Waals surface area contributed by atoms with Crippen molar-refractivity contribution in [2.75, 3.05) is 13.2 Å². The predicted molar refractivity (Wildman–Crippen MR) is 56.3 cm³/mol. The summed E-state index contributed by atoms with van der Waals surface area (Å²) in [6, 6.07) is 3.85. The van der Waals surface area contributed by atoms with Gasteiger partial charge in [-0.1, -0.05) is 0 Å². The van der Waals surface area contributed by atoms with Gasteiger partial charge in [-0.3, -0.25) is 0 Å². The molecule has 2 N–H and O–H groups in total. The molecule has 0 amide bonds. The van der Waals surface area contributed by atoms with Crippen molar-refractivity contribution in [3.63, 3.8) is 0 Å². The minimum absolute atomic E-state index is 0.160. The van der Waals surface area contributed by atoms with Crippen LogP contribution in [-0.2, 0) is 0 Å². The molecule has 0 aliphatic heterocycles. The monoisotopic (exact) mass is 224 g/mol. The number of rotatable bonds is 6. The van der Waals surface area contributed by atoms with Gasteiger partial charge in [-0.2, -0.15) is 20.8 Å². The van der Waals surface area contributed by atoms with E-state index in [1.54, 1.807) is 0 Å². The zero-order chi connectivity index (χ0) is 12.7. The first-order valence-electron chi connectivity index (χ1n) is 4.93. The van der Waals surface area contributed by atoms with Crippen molar-refractivity contribution in [2.24, 2.45) is 10.2 Å². The summed E-state index contributed by atoms with van der Waals surface area (Å²) in [4.78, 5) is 0. The van der Waals surface area contributed by atoms with E-state index in [0.717, 1.165) is 0 Å². The molecule has 0 aliphatic carbocycles. The lowest BCUT2D eigenvalue weighted by Gasteiger charge is -2.17. The van der Waals surface area contributed by atoms with Gasteiger partial charge < -0.3 is 10.2 Å². The second kappa shape index (κ2) is 6.16. The Morgan fingerprint density at radius 2 is 1.25 bits per heavy atom. The summed E-state index contributed by atoms with van der Waals surface area (Å²) in [5.41, 5.74) is -2.25. The molecule has 6 nitrogen and oxygen atoms in total. The lowest BCUT2D eigenvalue weighted by Crippen LogP contribution is -2.25. The van der Waals surface area contributed by atoms with Crippen LogP contribution >= 0.6 is 0 Å². The highest BCUT2D eigenvalue weighted by atomic mass is 16.3. The molecule has 0 aliphatic rings. The Hall–Kier alpha value is -1.50. The van der Waals surface area contributed by atoms with Crippen molar-refractivity contribution in [1.82, 2.24) is 0 Å². The van der Waals surface area contributed by atoms with Crippen molar-refractivity contribution < 1.29 is 10.2 Å². The van der Waals surface area contributed by atoms with Gasteiger partial charge in [0.25, 0.3) is 0 Å². The first-order chi connectivity index (χ1) is 7.45. The van der Waals surface area contributed by atoms with Gasteiger partial charge in [0.15, 0.2) is 11.1 Å². The third kappa shape index (κ3) is 4.35. The van der Waals surface area contributed by atoms with Crippen LogP contribution in [0.2, 0.25) is 0 Å². The maximum Gasteiger partial charge on any atom is 0.166 e. The lowest BCUT2D eigenvalue weighted by atomic mass is 10.0. The fraction of sp³-hybridized carbons (Fsp3) is 0.800. The SMILES string of the molecule is CC(C#N)(CCO)N=NC(C)(C#N)CCO. The molecule has 0 aromatic rings. The van der Waals surface area contributed by atoms with E-state index in [-0.39, 0.29) is 26.1 Å². The summed E-state index contributed by atoms with van der Waals surface area (Å²) < 4.78 is 0. The summed E-state index contributed by atoms with van der Waals surface area (Å²) >= 11 is 0. The third-order valence-electron chi connectivity index (χ3n) is 2.17. The van der Waals surface area contributed by atoms with E-state index >= 15 is 0 Å². The predicted octanol–water partition coefficient (Wildman–Crippen LogP) is 0.768. The molecule has 0 aromatic heterocycles. The van der Waals surface area contributed by atoms with E-state index in [4.69, 9.17) is 20.7 Å². The molecule has 0 saturated heterocycles. The van der Waals surface area contributed by atoms with E-state index in [9.17, 15) is 0 Å². The number of nitriles is 2. The summed E-state index contributed by atoms with van der Waals surface area (Å²) in [6.45, 7) is 2.71. The van der Waals surface area contributed by atoms with E-state index in [2.05, 4.69) is 10.2 Å². The van der Waals surface area contributed by atoms with E-state index < -0.39 is 11.1 Å². The van der Waals surface area contributed by atoms with Crippen LogP contribution in [0.15, 0.2) is 10.2 Å². The average molecular weight is 224 g/mol. The Morgan fingerprint density at radius 1 is 0.938 bits per heavy atom. The van der Waals surface area contributed by atoms with Crippen LogP contribution in [0.3, 0.4) is 0 Å². The Labute approximate surface area is 94.8 Å². The summed E-state index contributed by atoms with van der Waals surface area (Å²) in [5, 5.41) is 42.9. The van der Waals surface area contributed by atoms with Crippen LogP contribution < -0.4 is 0 Å². The Kier molecular flexibility index (Phi) is 5.59. The highest BCUT2D eigenvalue weighted by Crippen LogP contribution is 2.20. The second-order valence-electron chi connectivity index (χ2n) is 3.92. The molecule has 88 valence electrons. The molecular weight excluding hydrogens is 208 g/mol. The minimum atomic E-state index is -1.12. The van der Waals surface area contributed by atoms with Crippen molar-refractivity contribution in [3.8, 4) is 12.1 Å². The number of nitrogens with zero attached hydrogens (tertiary/aromatic N) is 4. The third-order valence-corrected chi connectivity index (χ3v) is 2.17. The van der Waals surface area contributed by atoms with Crippen molar-refractivity contribution in [2.45, 2.75) is 37.8 Å². The lowest BCUT2D eigenvalue weighted by molar-refractivity contribution is 0.250. The van der Waals surface area contributed by atoms with Gasteiger partial charge in [0.2, 0.25) is 0 Å². The van der Waals surface area contributed by atoms with Gasteiger partial charge in [0.1, 0.15) is 0 Å². The molecule has 6 heteroatoms. The molecule has 0 aromatic carbocycles. The molecule has 2 unspecified atom stereocenters. The van der Waals surface area contributed by atoms with Crippen LogP contribution in [0.1, 0.15) is 26.7 Å². The van der Waals surface area contributed by atoms with Crippen molar-refractivity contribution in [1.29, 1.82) is 10.5 Å². The number of aliphatic hydroxyl groups excluding tert-OH is 2. The van der Waals surface area contributed by atoms with Gasteiger partial charge in [0, 0.05) is 26.1 Å². The van der Waals surface area contributed by atoms with Crippen LogP contribution in [0.25, 0.3) is 0 Å². The number of azo groups is 1. The largest absolute Gasteiger partial charge is 0.396 e. The first kappa shape index (κ1) is 14.5. The van der Waals surface area contributed by atoms with E-state index in [1.165, 1.54) is 13.8 Å². The zero-order valence-corrected chi connectivity index (χ0v) is 9.51. The summed E-state index contributed by atoms with van der Waals surface area (Å²) in [6.07, 6.45) is 0.321. The molecular formula is C10H16N4O2. The number of hydrogen-bond donors (Lipinski definition) is 2. The Bertz CT molecular complexity index is 299. The fourth-order valence-electron chi connectivity index (χ4n) is 0.913. The normalized spacial score (nSPS) is 18.4. The Balaban J connectivity index is 4.80. The number of hydrogen-bond acceptors (Lipinski definition) is 6. The van der Waals surface area contributed by atoms with Gasteiger partial charge in [-0.05, 0) is 13.8 Å². The second-order valence-corrected chi connectivity index (χ2v) is 3.92. The number of aliphatic hydroxyl groups is 2. The zero-order valence-electron chi connectivity index (χ0n) is 9.51. The standard InChI is InChI=1S/C10H16N4O2/c1-9(7-11,3-5-15)13-14-10(2,8-12)4-6-16/h15-16H,3-6H2,1-2H3. The maximum atomic E-state index is 8.87. The smallest absolute Gasteiger partial charge is 0.166 e. The molecule has 0 heterocycles. The molecule has 0 rings (SSSR count). The van der Waals surface area contributed by atoms with E-state index in [0.29, 0.717) is 0 Å². The van der Waals surface area contributed by atoms with Gasteiger partial charge in [-0.15, -0.1) is 0 Å². The van der Waals surface area contributed by atoms with Crippen LogP contribution in [0.5, 0.6) is 0 Å².